The Labute approximate surface area is 183 Å². The first kappa shape index (κ1) is 18.7. The summed E-state index contributed by atoms with van der Waals surface area (Å²) >= 11 is 0. The van der Waals surface area contributed by atoms with Crippen LogP contribution < -0.4 is 0 Å². The Morgan fingerprint density at radius 3 is 2.12 bits per heavy atom. The van der Waals surface area contributed by atoms with Crippen molar-refractivity contribution in [2.45, 2.75) is 25.7 Å². The molecule has 0 unspecified atom stereocenters. The van der Waals surface area contributed by atoms with Gasteiger partial charge in [-0.1, -0.05) is 12.1 Å². The van der Waals surface area contributed by atoms with Gasteiger partial charge in [0.25, 0.3) is 0 Å². The van der Waals surface area contributed by atoms with Crippen molar-refractivity contribution < 1.29 is 19.8 Å². The van der Waals surface area contributed by atoms with Crippen LogP contribution in [0.1, 0.15) is 43.1 Å². The Kier molecular flexibility index (Phi) is 3.92. The van der Waals surface area contributed by atoms with Crippen molar-refractivity contribution in [3.63, 3.8) is 0 Å². The molecule has 32 heavy (non-hydrogen) atoms. The van der Waals surface area contributed by atoms with Crippen LogP contribution >= 0.6 is 0 Å². The fourth-order valence-corrected chi connectivity index (χ4v) is 4.90. The van der Waals surface area contributed by atoms with E-state index in [1.807, 2.05) is 18.2 Å². The van der Waals surface area contributed by atoms with Crippen LogP contribution in [0.4, 0.5) is 0 Å². The first-order chi connectivity index (χ1) is 15.5. The van der Waals surface area contributed by atoms with E-state index in [9.17, 15) is 19.8 Å². The van der Waals surface area contributed by atoms with Crippen LogP contribution in [-0.2, 0) is 25.7 Å². The molecule has 0 radical (unpaired) electrons. The van der Waals surface area contributed by atoms with Crippen molar-refractivity contribution >= 4 is 22.8 Å². The molecule has 0 fully saturated rings. The van der Waals surface area contributed by atoms with Gasteiger partial charge in [0.2, 0.25) is 0 Å². The van der Waals surface area contributed by atoms with Crippen LogP contribution in [0.25, 0.3) is 33.4 Å². The van der Waals surface area contributed by atoms with E-state index in [1.165, 1.54) is 5.56 Å². The molecule has 0 bridgehead atoms. The maximum Gasteiger partial charge on any atom is 0.354 e. The van der Waals surface area contributed by atoms with Gasteiger partial charge >= 0.3 is 11.9 Å². The van der Waals surface area contributed by atoms with Gasteiger partial charge in [-0.2, -0.15) is 0 Å². The zero-order valence-corrected chi connectivity index (χ0v) is 17.1. The SMILES string of the molecule is O=C(O)c1ccc2c(c1)-c1cc3nc4c(cc3cc1CC2)CCc1ccc(C(=O)O)nc1-4. The van der Waals surface area contributed by atoms with Gasteiger partial charge in [0.1, 0.15) is 5.69 Å². The van der Waals surface area contributed by atoms with Gasteiger partial charge in [-0.15, -0.1) is 0 Å². The molecule has 0 atom stereocenters. The number of aromatic carboxylic acids is 2. The lowest BCUT2D eigenvalue weighted by atomic mass is 9.83. The van der Waals surface area contributed by atoms with E-state index >= 15 is 0 Å². The average molecular weight is 422 g/mol. The lowest BCUT2D eigenvalue weighted by Gasteiger charge is -2.23. The Bertz CT molecular complexity index is 1380. The van der Waals surface area contributed by atoms with Crippen LogP contribution in [0.5, 0.6) is 0 Å². The number of carboxylic acids is 2. The molecule has 0 amide bonds. The van der Waals surface area contributed by atoms with Gasteiger partial charge in [0.15, 0.2) is 0 Å². The molecular formula is C26H18N2O4. The second kappa shape index (κ2) is 6.72. The van der Waals surface area contributed by atoms with E-state index in [2.05, 4.69) is 17.1 Å². The molecule has 6 rings (SSSR count). The zero-order chi connectivity index (χ0) is 22.0. The molecule has 0 spiro atoms. The Hall–Kier alpha value is -4.06. The van der Waals surface area contributed by atoms with E-state index in [4.69, 9.17) is 4.98 Å². The minimum atomic E-state index is -1.05. The van der Waals surface area contributed by atoms with Crippen molar-refractivity contribution in [1.82, 2.24) is 9.97 Å². The quantitative estimate of drug-likeness (QED) is 0.491. The molecule has 0 saturated heterocycles. The van der Waals surface area contributed by atoms with Crippen molar-refractivity contribution in [2.75, 3.05) is 0 Å². The fourth-order valence-electron chi connectivity index (χ4n) is 4.90. The van der Waals surface area contributed by atoms with Crippen molar-refractivity contribution in [3.05, 3.63) is 82.0 Å². The van der Waals surface area contributed by atoms with Gasteiger partial charge < -0.3 is 10.2 Å². The third-order valence-electron chi connectivity index (χ3n) is 6.52. The van der Waals surface area contributed by atoms with Crippen LogP contribution in [0.15, 0.2) is 48.5 Å². The number of nitrogens with zero attached hydrogens (tertiary/aromatic N) is 2. The summed E-state index contributed by atoms with van der Waals surface area (Å²) < 4.78 is 0. The summed E-state index contributed by atoms with van der Waals surface area (Å²) in [7, 11) is 0. The summed E-state index contributed by atoms with van der Waals surface area (Å²) in [5.41, 5.74) is 8.82. The minimum absolute atomic E-state index is 0.0130. The van der Waals surface area contributed by atoms with E-state index in [-0.39, 0.29) is 11.3 Å². The van der Waals surface area contributed by atoms with Crippen LogP contribution in [0, 0.1) is 0 Å². The largest absolute Gasteiger partial charge is 0.478 e. The highest BCUT2D eigenvalue weighted by atomic mass is 16.4. The fraction of sp³-hybridized carbons (Fsp3) is 0.154. The molecule has 6 nitrogen and oxygen atoms in total. The predicted molar refractivity (Wildman–Crippen MR) is 119 cm³/mol. The predicted octanol–water partition coefficient (Wildman–Crippen LogP) is 4.56. The molecule has 6 heteroatoms. The van der Waals surface area contributed by atoms with Crippen LogP contribution in [-0.4, -0.2) is 32.1 Å². The standard InChI is InChI=1S/C26H18N2O4/c29-25(30)17-6-2-13-1-4-15-9-18-10-16-5-3-14-7-8-21(26(31)32)27-23(14)24(16)28-22(18)12-20(15)19(13)11-17/h2,6-12H,1,3-5H2,(H,29,30)(H,31,32). The van der Waals surface area contributed by atoms with Crippen molar-refractivity contribution in [1.29, 1.82) is 0 Å². The highest BCUT2D eigenvalue weighted by Crippen LogP contribution is 2.39. The average Bonchev–Trinajstić information content (AvgIpc) is 2.80. The highest BCUT2D eigenvalue weighted by Gasteiger charge is 2.23. The van der Waals surface area contributed by atoms with E-state index < -0.39 is 11.9 Å². The normalized spacial score (nSPS) is 13.6. The minimum Gasteiger partial charge on any atom is -0.478 e. The molecule has 2 N–H and O–H groups in total. The summed E-state index contributed by atoms with van der Waals surface area (Å²) in [6.07, 6.45) is 3.41. The second-order valence-electron chi connectivity index (χ2n) is 8.38. The molecule has 2 aromatic heterocycles. The Morgan fingerprint density at radius 2 is 1.31 bits per heavy atom. The third-order valence-corrected chi connectivity index (χ3v) is 6.52. The number of carbonyl (C=O) groups is 2. The van der Waals surface area contributed by atoms with Gasteiger partial charge in [0, 0.05) is 5.39 Å². The Balaban J connectivity index is 1.56. The van der Waals surface area contributed by atoms with Gasteiger partial charge in [-0.05, 0) is 95.5 Å². The monoisotopic (exact) mass is 422 g/mol. The number of fused-ring (bicyclic) bond motifs is 7. The molecule has 2 aliphatic rings. The summed E-state index contributed by atoms with van der Waals surface area (Å²) in [5, 5.41) is 19.8. The number of rotatable bonds is 2. The first-order valence-electron chi connectivity index (χ1n) is 10.5. The van der Waals surface area contributed by atoms with Crippen molar-refractivity contribution in [3.8, 4) is 22.5 Å². The molecule has 2 aromatic carbocycles. The maximum absolute atomic E-state index is 11.5. The number of pyridine rings is 2. The molecule has 4 aromatic rings. The summed E-state index contributed by atoms with van der Waals surface area (Å²) in [5.74, 6) is -1.99. The topological polar surface area (TPSA) is 100 Å². The van der Waals surface area contributed by atoms with E-state index in [1.54, 1.807) is 18.2 Å². The number of benzene rings is 2. The molecule has 0 aliphatic heterocycles. The van der Waals surface area contributed by atoms with E-state index in [0.29, 0.717) is 5.69 Å². The highest BCUT2D eigenvalue weighted by molar-refractivity contribution is 5.94. The molecule has 0 saturated carbocycles. The smallest absolute Gasteiger partial charge is 0.354 e. The number of aryl methyl sites for hydroxylation is 4. The molecule has 156 valence electrons. The summed E-state index contributed by atoms with van der Waals surface area (Å²) in [4.78, 5) is 32.3. The van der Waals surface area contributed by atoms with Crippen molar-refractivity contribution in [2.24, 2.45) is 0 Å². The maximum atomic E-state index is 11.5. The lowest BCUT2D eigenvalue weighted by molar-refractivity contribution is 0.0682. The summed E-state index contributed by atoms with van der Waals surface area (Å²) in [6, 6.07) is 15.0. The second-order valence-corrected chi connectivity index (χ2v) is 8.38. The number of carboxylic acid groups (broad SMARTS) is 2. The molecular weight excluding hydrogens is 404 g/mol. The first-order valence-corrected chi connectivity index (χ1v) is 10.5. The summed E-state index contributed by atoms with van der Waals surface area (Å²) in [6.45, 7) is 0. The van der Waals surface area contributed by atoms with Gasteiger partial charge in [-0.25, -0.2) is 19.6 Å². The zero-order valence-electron chi connectivity index (χ0n) is 17.1. The third kappa shape index (κ3) is 2.80. The lowest BCUT2D eigenvalue weighted by Crippen LogP contribution is -2.11. The van der Waals surface area contributed by atoms with E-state index in [0.717, 1.165) is 70.1 Å². The van der Waals surface area contributed by atoms with Crippen LogP contribution in [0.3, 0.4) is 0 Å². The number of aromatic nitrogens is 2. The number of hydrogen-bond donors (Lipinski definition) is 2. The molecule has 2 heterocycles. The van der Waals surface area contributed by atoms with Gasteiger partial charge in [-0.3, -0.25) is 0 Å². The van der Waals surface area contributed by atoms with Gasteiger partial charge in [0.05, 0.1) is 22.5 Å². The Morgan fingerprint density at radius 1 is 0.656 bits per heavy atom. The number of hydrogen-bond acceptors (Lipinski definition) is 4. The van der Waals surface area contributed by atoms with Crippen LogP contribution in [0.2, 0.25) is 0 Å². The molecule has 2 aliphatic carbocycles.